The Morgan fingerprint density at radius 2 is 0.767 bits per heavy atom. The van der Waals surface area contributed by atoms with Crippen LogP contribution in [0.5, 0.6) is 23.0 Å². The normalized spacial score (nSPS) is 21.4. The molecular weight excluding hydrogens is 1850 g/mol. The molecule has 0 radical (unpaired) electrons. The standard InChI is InChI=1S/C24H20F4N4O4.C19H21F4NO4.C14H13F4NO2.C11H17NO4.C10H9N3O3.C7H5F4NO.CH2Cl2/c25-21-12(4-3-7-19(21)36-24(26,27)28)10-18(33)17-9-13-8-16(13)32(17)20(34)11-31-15-6-2-1-5-14(15)22(30-31)23(29)35;1-18(2,3)28-17(26)24-12-7-11(12)8-13(24)14(25)9-10-5-4-6-15(16(10)20)27-19(21,22)23;15-13-7(2-1-3-12(13)21-14(16,17)18)6-11(20)10-5-8-4-9(8)19-10;1-11(2,3)16-10(15)12-7-4-6(7)5-8(12)9(13)14;11-10(16)9-6-3-1-2-4-7(6)13(12-9)5-8(14)15;8-6-4(12)2-1-3-5(6)13-7(9,10)11;2-1-3/h1-7,13,16-17H,8-11H2,(H2,29,35);4-6,11-13H,7-9H2,1-3H3;1-3,8-10,19H,4-6H2;6-8H,4-5H2,1-3H3,(H,13,14);1-4H,5H2,(H2,11,16)(H,14,15);1-3H,12H2;1H2/t13-,16-,17+;11-,12-,13+;8-,9-,10+;6-,7-,8+;;;/m1111.../s1. The highest BCUT2D eigenvalue weighted by molar-refractivity contribution is 6.40. The number of nitrogens with zero attached hydrogens (tertiary/aromatic N) is 7. The Morgan fingerprint density at radius 3 is 1.12 bits per heavy atom. The van der Waals surface area contributed by atoms with Gasteiger partial charge in [-0.25, -0.2) is 31.9 Å². The van der Waals surface area contributed by atoms with Crippen LogP contribution in [0.3, 0.4) is 0 Å². The van der Waals surface area contributed by atoms with Gasteiger partial charge in [0.1, 0.15) is 30.3 Å². The fourth-order valence-electron chi connectivity index (χ4n) is 15.8. The number of primary amides is 2. The van der Waals surface area contributed by atoms with Gasteiger partial charge in [0.25, 0.3) is 11.8 Å². The van der Waals surface area contributed by atoms with E-state index >= 15 is 0 Å². The molecule has 8 fully saturated rings. The van der Waals surface area contributed by atoms with E-state index in [1.165, 1.54) is 66.5 Å². The third kappa shape index (κ3) is 27.9. The van der Waals surface area contributed by atoms with E-state index in [0.29, 0.717) is 58.9 Å². The SMILES string of the molecule is CC(C)(C)OC(=O)N1[C@@H]2C[C@@H]2C[C@H]1C(=O)Cc1cccc(OC(F)(F)F)c1F.CC(C)(C)OC(=O)N1[C@@H]2C[C@@H]2C[C@H]1C(=O)O.ClCCl.NC(=O)c1nn(CC(=O)N2[C@@H]3C[C@@H]3C[C@H]2C(=O)Cc2cccc(OC(F)(F)F)c2F)c2ccccc12.NC(=O)c1nn(CC(=O)O)c2ccccc12.Nc1cccc(OC(F)(F)F)c1F.O=C(Cc1cccc(OC(F)(F)F)c1F)[C@@H]1C[C@H]2C[C@H]2N1. The van der Waals surface area contributed by atoms with Crippen molar-refractivity contribution in [2.24, 2.45) is 35.1 Å². The number of anilines is 1. The van der Waals surface area contributed by atoms with E-state index in [-0.39, 0.29) is 100 Å². The fourth-order valence-corrected chi connectivity index (χ4v) is 15.8. The Morgan fingerprint density at radius 1 is 0.429 bits per heavy atom. The first-order valence-corrected chi connectivity index (χ1v) is 41.6. The highest BCUT2D eigenvalue weighted by atomic mass is 35.5. The average Bonchev–Trinajstić information content (AvgIpc) is 1.59. The van der Waals surface area contributed by atoms with Crippen LogP contribution in [0.15, 0.2) is 121 Å². The van der Waals surface area contributed by atoms with E-state index in [0.717, 1.165) is 62.4 Å². The van der Waals surface area contributed by atoms with Crippen LogP contribution in [0.1, 0.15) is 131 Å². The molecule has 0 unspecified atom stereocenters. The van der Waals surface area contributed by atoms with Gasteiger partial charge < -0.3 is 66.1 Å². The lowest BCUT2D eigenvalue weighted by atomic mass is 9.99. The summed E-state index contributed by atoms with van der Waals surface area (Å²) in [6.45, 7) is 9.93. The molecule has 8 aliphatic rings. The highest BCUT2D eigenvalue weighted by Crippen LogP contribution is 2.52. The van der Waals surface area contributed by atoms with E-state index in [4.69, 9.17) is 60.1 Å². The first kappa shape index (κ1) is 103. The number of Topliss-reactive ketones (excluding diaryl/α,β-unsaturated/α-hetero) is 3. The number of carboxylic acids is 2. The largest absolute Gasteiger partial charge is 0.573 e. The Bertz CT molecular complexity index is 5660. The van der Waals surface area contributed by atoms with Crippen LogP contribution in [0.2, 0.25) is 0 Å². The smallest absolute Gasteiger partial charge is 0.480 e. The molecule has 720 valence electrons. The number of ketones is 3. The summed E-state index contributed by atoms with van der Waals surface area (Å²) in [6, 6.07) is 24.3. The molecule has 6 aromatic carbocycles. The summed E-state index contributed by atoms with van der Waals surface area (Å²) < 4.78 is 229. The maximum Gasteiger partial charge on any atom is 0.573 e. The number of benzene rings is 6. The zero-order valence-electron chi connectivity index (χ0n) is 71.0. The van der Waals surface area contributed by atoms with Crippen LogP contribution in [0.4, 0.5) is 85.5 Å². The number of nitrogens with two attached hydrogens (primary N) is 3. The van der Waals surface area contributed by atoms with E-state index in [1.807, 2.05) is 0 Å². The summed E-state index contributed by atoms with van der Waals surface area (Å²) in [5.41, 5.74) is 14.6. The van der Waals surface area contributed by atoms with Crippen molar-refractivity contribution in [3.63, 3.8) is 0 Å². The quantitative estimate of drug-likeness (QED) is 0.0234. The molecule has 8 aromatic rings. The van der Waals surface area contributed by atoms with Crippen molar-refractivity contribution < 1.29 is 157 Å². The Labute approximate surface area is 755 Å². The first-order valence-electron chi connectivity index (χ1n) is 40.6. The number of ether oxygens (including phenoxy) is 6. The molecule has 4 aliphatic heterocycles. The number of rotatable bonds is 20. The molecule has 4 aliphatic carbocycles. The van der Waals surface area contributed by atoms with Crippen LogP contribution in [-0.4, -0.2) is 194 Å². The second-order valence-electron chi connectivity index (χ2n) is 33.7. The molecule has 0 bridgehead atoms. The van der Waals surface area contributed by atoms with Crippen LogP contribution in [0, 0.1) is 46.9 Å². The summed E-state index contributed by atoms with van der Waals surface area (Å²) in [7, 11) is 0. The maximum absolute atomic E-state index is 14.6. The molecule has 4 saturated carbocycles. The maximum atomic E-state index is 14.6. The van der Waals surface area contributed by atoms with Crippen molar-refractivity contribution in [3.8, 4) is 23.0 Å². The van der Waals surface area contributed by atoms with E-state index < -0.39 is 167 Å². The number of aromatic nitrogens is 4. The number of piperidine rings is 4. The Hall–Kier alpha value is -12.4. The lowest BCUT2D eigenvalue weighted by Crippen LogP contribution is -2.46. The zero-order chi connectivity index (χ0) is 98.4. The van der Waals surface area contributed by atoms with Gasteiger partial charge in [-0.05, 0) is 176 Å². The number of alkyl halides is 14. The number of aliphatic carboxylic acids is 2. The minimum Gasteiger partial charge on any atom is -0.480 e. The predicted octanol–water partition coefficient (Wildman–Crippen LogP) is 15.2. The van der Waals surface area contributed by atoms with Gasteiger partial charge in [-0.2, -0.15) is 10.2 Å². The zero-order valence-corrected chi connectivity index (χ0v) is 72.5. The molecule has 133 heavy (non-hydrogen) atoms. The van der Waals surface area contributed by atoms with Crippen molar-refractivity contribution >= 4 is 110 Å². The lowest BCUT2D eigenvalue weighted by molar-refractivity contribution is -0.276. The number of fused-ring (bicyclic) bond motifs is 6. The second kappa shape index (κ2) is 41.4. The van der Waals surface area contributed by atoms with Crippen LogP contribution < -0.4 is 41.5 Å². The summed E-state index contributed by atoms with van der Waals surface area (Å²) in [5, 5.41) is 30.2. The van der Waals surface area contributed by atoms with Gasteiger partial charge in [0.15, 0.2) is 75.0 Å². The molecule has 16 rings (SSSR count). The molecule has 29 nitrogen and oxygen atoms in total. The monoisotopic (exact) mass is 1940 g/mol. The highest BCUT2D eigenvalue weighted by Gasteiger charge is 2.60. The molecule has 47 heteroatoms. The van der Waals surface area contributed by atoms with Gasteiger partial charge in [-0.1, -0.05) is 78.9 Å². The third-order valence-corrected chi connectivity index (χ3v) is 21.6. The molecule has 0 spiro atoms. The number of nitrogen functional groups attached to an aromatic ring is 1. The minimum atomic E-state index is -5.08. The molecule has 6 heterocycles. The number of carbonyl (C=O) groups excluding carboxylic acids is 8. The molecule has 9 N–H and O–H groups in total. The van der Waals surface area contributed by atoms with Crippen LogP contribution >= 0.6 is 23.2 Å². The number of para-hydroxylation sites is 2. The topological polar surface area (TPSA) is 402 Å². The van der Waals surface area contributed by atoms with Gasteiger partial charge in [-0.15, -0.1) is 75.9 Å². The van der Waals surface area contributed by atoms with Crippen LogP contribution in [-0.2, 0) is 70.6 Å². The molecule has 2 aromatic heterocycles. The van der Waals surface area contributed by atoms with E-state index in [2.05, 4.69) is 34.5 Å². The van der Waals surface area contributed by atoms with E-state index in [9.17, 15) is 118 Å². The minimum absolute atomic E-state index is 0.0215. The number of amides is 5. The molecule has 5 amide bonds. The van der Waals surface area contributed by atoms with Crippen LogP contribution in [0.25, 0.3) is 21.8 Å². The average molecular weight is 1940 g/mol. The number of carbonyl (C=O) groups is 10. The van der Waals surface area contributed by atoms with E-state index in [1.54, 1.807) is 90.1 Å². The Balaban J connectivity index is 0.000000170. The molecular formula is C86H87Cl2F16N11O18. The Kier molecular flexibility index (Phi) is 31.9. The number of hydrogen-bond acceptors (Lipinski definition) is 20. The predicted molar refractivity (Wildman–Crippen MR) is 439 cm³/mol. The van der Waals surface area contributed by atoms with Crippen molar-refractivity contribution in [3.05, 3.63) is 173 Å². The third-order valence-electron chi connectivity index (χ3n) is 21.6. The van der Waals surface area contributed by atoms with Crippen molar-refractivity contribution in [1.29, 1.82) is 0 Å². The van der Waals surface area contributed by atoms with Crippen molar-refractivity contribution in [2.45, 2.75) is 210 Å². The number of carboxylic acid groups (broad SMARTS) is 2. The first-order chi connectivity index (χ1) is 61.9. The van der Waals surface area contributed by atoms with Gasteiger partial charge in [0.2, 0.25) is 5.91 Å². The molecule has 4 saturated heterocycles. The molecule has 12 atom stereocenters. The van der Waals surface area contributed by atoms with Crippen molar-refractivity contribution in [2.75, 3.05) is 11.1 Å². The van der Waals surface area contributed by atoms with Gasteiger partial charge in [0, 0.05) is 54.2 Å². The number of likely N-dealkylation sites (tertiary alicyclic amines) is 3. The second-order valence-corrected chi connectivity index (χ2v) is 34.5. The van der Waals surface area contributed by atoms with Gasteiger partial charge in [-0.3, -0.25) is 52.7 Å². The summed E-state index contributed by atoms with van der Waals surface area (Å²) in [4.78, 5) is 124. The lowest BCUT2D eigenvalue weighted by Gasteiger charge is -2.30. The number of hydrogen-bond donors (Lipinski definition) is 6. The van der Waals surface area contributed by atoms with Gasteiger partial charge >= 0.3 is 49.6 Å². The van der Waals surface area contributed by atoms with Crippen molar-refractivity contribution in [1.82, 2.24) is 39.6 Å². The summed E-state index contributed by atoms with van der Waals surface area (Å²) >= 11 is 9.53. The number of nitrogens with one attached hydrogen (secondary N) is 1. The number of halogens is 18. The summed E-state index contributed by atoms with van der Waals surface area (Å²) in [5.74, 6) is -12.4. The fraction of sp³-hybridized carbons (Fsp3) is 0.442. The summed E-state index contributed by atoms with van der Waals surface area (Å²) in [6.07, 6.45) is -16.6. The van der Waals surface area contributed by atoms with Gasteiger partial charge in [0.05, 0.1) is 40.2 Å².